The molecule has 1 aliphatic carbocycles. The van der Waals surface area contributed by atoms with Crippen molar-refractivity contribution in [2.24, 2.45) is 5.73 Å². The molecule has 0 saturated heterocycles. The predicted octanol–water partition coefficient (Wildman–Crippen LogP) is 0.763. The molecule has 1 rings (SSSR count). The maximum Gasteiger partial charge on any atom is 0.250 e. The summed E-state index contributed by atoms with van der Waals surface area (Å²) in [5.74, 6) is -0.105. The first-order valence-corrected chi connectivity index (χ1v) is 6.74. The third-order valence-electron chi connectivity index (χ3n) is 4.12. The van der Waals surface area contributed by atoms with E-state index >= 15 is 0 Å². The van der Waals surface area contributed by atoms with Crippen molar-refractivity contribution in [3.8, 4) is 0 Å². The van der Waals surface area contributed by atoms with Gasteiger partial charge in [0.2, 0.25) is 0 Å². The van der Waals surface area contributed by atoms with Gasteiger partial charge < -0.3 is 20.7 Å². The molecule has 1 atom stereocenters. The van der Waals surface area contributed by atoms with E-state index in [9.17, 15) is 4.79 Å². The summed E-state index contributed by atoms with van der Waals surface area (Å²) >= 11 is 0. The number of nitrogens with two attached hydrogens (primary N) is 1. The van der Waals surface area contributed by atoms with Crippen molar-refractivity contribution < 1.29 is 9.53 Å². The number of nitrogens with zero attached hydrogens (tertiary/aromatic N) is 1. The normalized spacial score (nSPS) is 19.6. The molecule has 0 aromatic heterocycles. The highest BCUT2D eigenvalue weighted by molar-refractivity contribution is 5.85. The zero-order valence-electron chi connectivity index (χ0n) is 12.3. The molecule has 0 spiro atoms. The van der Waals surface area contributed by atoms with Crippen LogP contribution in [-0.4, -0.2) is 56.7 Å². The van der Waals surface area contributed by atoms with Crippen LogP contribution in [0, 0.1) is 0 Å². The van der Waals surface area contributed by atoms with Gasteiger partial charge in [0.1, 0.15) is 6.10 Å². The third-order valence-corrected chi connectivity index (χ3v) is 4.12. The fourth-order valence-electron chi connectivity index (χ4n) is 2.67. The molecule has 0 aromatic rings. The van der Waals surface area contributed by atoms with Gasteiger partial charge in [-0.1, -0.05) is 19.3 Å². The van der Waals surface area contributed by atoms with Crippen LogP contribution >= 0.6 is 12.4 Å². The maximum atomic E-state index is 11.9. The summed E-state index contributed by atoms with van der Waals surface area (Å²) in [7, 11) is 5.70. The van der Waals surface area contributed by atoms with Gasteiger partial charge >= 0.3 is 0 Å². The van der Waals surface area contributed by atoms with Gasteiger partial charge in [-0.05, 0) is 26.9 Å². The molecule has 1 saturated carbocycles. The van der Waals surface area contributed by atoms with Crippen molar-refractivity contribution in [2.75, 3.05) is 34.3 Å². The largest absolute Gasteiger partial charge is 0.370 e. The molecule has 0 aromatic carbocycles. The quantitative estimate of drug-likeness (QED) is 0.759. The number of ether oxygens (including phenoxy) is 1. The number of rotatable bonds is 6. The minimum atomic E-state index is -0.534. The van der Waals surface area contributed by atoms with Gasteiger partial charge in [-0.3, -0.25) is 4.79 Å². The van der Waals surface area contributed by atoms with Crippen LogP contribution in [-0.2, 0) is 9.53 Å². The SMILES string of the molecule is COC(CN)C(=O)NCC1(N(C)C)CCCCC1.Cl. The first kappa shape index (κ1) is 18.6. The van der Waals surface area contributed by atoms with Gasteiger partial charge in [-0.2, -0.15) is 0 Å². The van der Waals surface area contributed by atoms with Gasteiger partial charge in [0, 0.05) is 25.7 Å². The Balaban J connectivity index is 0.00000324. The number of amides is 1. The standard InChI is InChI=1S/C13H27N3O2.ClH/c1-16(2)13(7-5-4-6-8-13)10-15-12(17)11(9-14)18-3;/h11H,4-10,14H2,1-3H3,(H,15,17);1H. The number of likely N-dealkylation sites (N-methyl/N-ethyl adjacent to an activating group) is 1. The molecule has 6 heteroatoms. The minimum absolute atomic E-state index is 0. The molecule has 1 amide bonds. The van der Waals surface area contributed by atoms with Gasteiger partial charge in [0.15, 0.2) is 0 Å². The van der Waals surface area contributed by atoms with E-state index in [1.165, 1.54) is 26.4 Å². The Morgan fingerprint density at radius 3 is 2.37 bits per heavy atom. The van der Waals surface area contributed by atoms with Crippen LogP contribution < -0.4 is 11.1 Å². The molecule has 1 aliphatic rings. The molecular formula is C13H28ClN3O2. The van der Waals surface area contributed by atoms with E-state index in [1.807, 2.05) is 0 Å². The average molecular weight is 294 g/mol. The predicted molar refractivity (Wildman–Crippen MR) is 79.6 cm³/mol. The Bertz CT molecular complexity index is 265. The summed E-state index contributed by atoms with van der Waals surface area (Å²) in [5.41, 5.74) is 5.59. The van der Waals surface area contributed by atoms with Crippen molar-refractivity contribution in [2.45, 2.75) is 43.7 Å². The van der Waals surface area contributed by atoms with Crippen molar-refractivity contribution in [3.63, 3.8) is 0 Å². The first-order chi connectivity index (χ1) is 8.55. The summed E-state index contributed by atoms with van der Waals surface area (Å²) in [4.78, 5) is 14.1. The average Bonchev–Trinajstić information content (AvgIpc) is 2.38. The second-order valence-corrected chi connectivity index (χ2v) is 5.36. The number of hydrogen-bond acceptors (Lipinski definition) is 4. The fraction of sp³-hybridized carbons (Fsp3) is 0.923. The van der Waals surface area contributed by atoms with Crippen molar-refractivity contribution >= 4 is 18.3 Å². The van der Waals surface area contributed by atoms with Crippen LogP contribution in [0.15, 0.2) is 0 Å². The Morgan fingerprint density at radius 2 is 1.95 bits per heavy atom. The molecule has 19 heavy (non-hydrogen) atoms. The highest BCUT2D eigenvalue weighted by Gasteiger charge is 2.34. The monoisotopic (exact) mass is 293 g/mol. The van der Waals surface area contributed by atoms with Gasteiger partial charge in [0.05, 0.1) is 0 Å². The van der Waals surface area contributed by atoms with E-state index in [2.05, 4.69) is 24.3 Å². The molecular weight excluding hydrogens is 266 g/mol. The Hall–Kier alpha value is -0.360. The van der Waals surface area contributed by atoms with E-state index in [-0.39, 0.29) is 30.4 Å². The lowest BCUT2D eigenvalue weighted by Crippen LogP contribution is -2.55. The minimum Gasteiger partial charge on any atom is -0.370 e. The number of hydrogen-bond donors (Lipinski definition) is 2. The molecule has 1 unspecified atom stereocenters. The number of nitrogens with one attached hydrogen (secondary N) is 1. The van der Waals surface area contributed by atoms with Crippen molar-refractivity contribution in [3.05, 3.63) is 0 Å². The van der Waals surface area contributed by atoms with Crippen LogP contribution in [0.2, 0.25) is 0 Å². The van der Waals surface area contributed by atoms with E-state index in [1.54, 1.807) is 0 Å². The van der Waals surface area contributed by atoms with E-state index in [0.29, 0.717) is 6.54 Å². The molecule has 5 nitrogen and oxygen atoms in total. The fourth-order valence-corrected chi connectivity index (χ4v) is 2.67. The topological polar surface area (TPSA) is 67.6 Å². The summed E-state index contributed by atoms with van der Waals surface area (Å²) in [6, 6.07) is 0. The third kappa shape index (κ3) is 4.91. The second kappa shape index (κ2) is 8.74. The van der Waals surface area contributed by atoms with Crippen LogP contribution in [0.5, 0.6) is 0 Å². The zero-order chi connectivity index (χ0) is 13.6. The summed E-state index contributed by atoms with van der Waals surface area (Å²) in [5, 5.41) is 2.99. The summed E-state index contributed by atoms with van der Waals surface area (Å²) in [6.45, 7) is 0.899. The smallest absolute Gasteiger partial charge is 0.250 e. The Morgan fingerprint density at radius 1 is 1.37 bits per heavy atom. The molecule has 0 radical (unpaired) electrons. The van der Waals surface area contributed by atoms with Crippen molar-refractivity contribution in [1.82, 2.24) is 10.2 Å². The molecule has 0 aliphatic heterocycles. The lowest BCUT2D eigenvalue weighted by atomic mass is 9.80. The molecule has 0 heterocycles. The van der Waals surface area contributed by atoms with Crippen LogP contribution in [0.25, 0.3) is 0 Å². The summed E-state index contributed by atoms with van der Waals surface area (Å²) < 4.78 is 5.04. The van der Waals surface area contributed by atoms with Gasteiger partial charge in [0.25, 0.3) is 5.91 Å². The van der Waals surface area contributed by atoms with E-state index in [0.717, 1.165) is 12.8 Å². The summed E-state index contributed by atoms with van der Waals surface area (Å²) in [6.07, 6.45) is 5.51. The highest BCUT2D eigenvalue weighted by Crippen LogP contribution is 2.31. The number of halogens is 1. The first-order valence-electron chi connectivity index (χ1n) is 6.74. The Kier molecular flexibility index (Phi) is 8.57. The van der Waals surface area contributed by atoms with Crippen LogP contribution in [0.3, 0.4) is 0 Å². The molecule has 1 fully saturated rings. The molecule has 0 bridgehead atoms. The highest BCUT2D eigenvalue weighted by atomic mass is 35.5. The van der Waals surface area contributed by atoms with E-state index < -0.39 is 6.10 Å². The number of carbonyl (C=O) groups excluding carboxylic acids is 1. The lowest BCUT2D eigenvalue weighted by Gasteiger charge is -2.43. The van der Waals surface area contributed by atoms with Crippen molar-refractivity contribution in [1.29, 1.82) is 0 Å². The lowest BCUT2D eigenvalue weighted by molar-refractivity contribution is -0.131. The van der Waals surface area contributed by atoms with E-state index in [4.69, 9.17) is 10.5 Å². The second-order valence-electron chi connectivity index (χ2n) is 5.36. The van der Waals surface area contributed by atoms with Crippen LogP contribution in [0.1, 0.15) is 32.1 Å². The maximum absolute atomic E-state index is 11.9. The van der Waals surface area contributed by atoms with Crippen LogP contribution in [0.4, 0.5) is 0 Å². The molecule has 3 N–H and O–H groups in total. The number of carbonyl (C=O) groups is 1. The van der Waals surface area contributed by atoms with Gasteiger partial charge in [-0.25, -0.2) is 0 Å². The Labute approximate surface area is 122 Å². The molecule has 114 valence electrons. The van der Waals surface area contributed by atoms with Gasteiger partial charge in [-0.15, -0.1) is 12.4 Å². The number of methoxy groups -OCH3 is 1. The zero-order valence-corrected chi connectivity index (χ0v) is 13.1.